The molecule has 0 aliphatic heterocycles. The molecule has 0 amide bonds. The van der Waals surface area contributed by atoms with Gasteiger partial charge in [-0.25, -0.2) is 4.79 Å². The summed E-state index contributed by atoms with van der Waals surface area (Å²) in [7, 11) is 0. The Labute approximate surface area is 82.8 Å². The van der Waals surface area contributed by atoms with Crippen LogP contribution in [-0.2, 0) is 10.3 Å². The Hall–Kier alpha value is -1.42. The number of hydrogen-bond donors (Lipinski definition) is 2. The first-order chi connectivity index (χ1) is 6.35. The molecule has 1 atom stereocenters. The second-order valence-electron chi connectivity index (χ2n) is 3.59. The highest BCUT2D eigenvalue weighted by atomic mass is 16.4. The van der Waals surface area contributed by atoms with Gasteiger partial charge in [0.05, 0.1) is 0 Å². The minimum absolute atomic E-state index is 0.551. The summed E-state index contributed by atoms with van der Waals surface area (Å²) in [5.41, 5.74) is 6.39. The van der Waals surface area contributed by atoms with E-state index in [1.807, 2.05) is 6.92 Å². The predicted octanol–water partition coefficient (Wildman–Crippen LogP) is 0.957. The Morgan fingerprint density at radius 3 is 2.50 bits per heavy atom. The highest BCUT2D eigenvalue weighted by Gasteiger charge is 2.31. The summed E-state index contributed by atoms with van der Waals surface area (Å²) in [6, 6.07) is 3.47. The third-order valence-electron chi connectivity index (χ3n) is 2.23. The maximum atomic E-state index is 10.9. The second-order valence-corrected chi connectivity index (χ2v) is 3.59. The summed E-state index contributed by atoms with van der Waals surface area (Å²) < 4.78 is 0. The van der Waals surface area contributed by atoms with Crippen LogP contribution in [0.5, 0.6) is 0 Å². The zero-order valence-corrected chi connectivity index (χ0v) is 8.53. The highest BCUT2D eigenvalue weighted by molar-refractivity contribution is 5.80. The van der Waals surface area contributed by atoms with Gasteiger partial charge in [-0.2, -0.15) is 0 Å². The van der Waals surface area contributed by atoms with Crippen LogP contribution in [0.3, 0.4) is 0 Å². The molecule has 0 aliphatic rings. The summed E-state index contributed by atoms with van der Waals surface area (Å²) in [4.78, 5) is 15.1. The van der Waals surface area contributed by atoms with Crippen molar-refractivity contribution in [2.45, 2.75) is 26.3 Å². The van der Waals surface area contributed by atoms with Crippen LogP contribution in [0.15, 0.2) is 12.1 Å². The summed E-state index contributed by atoms with van der Waals surface area (Å²) >= 11 is 0. The third kappa shape index (κ3) is 1.75. The Bertz CT molecular complexity index is 372. The molecule has 0 aliphatic carbocycles. The van der Waals surface area contributed by atoms with Gasteiger partial charge in [0.15, 0.2) is 0 Å². The first-order valence-electron chi connectivity index (χ1n) is 4.32. The number of aromatic nitrogens is 1. The summed E-state index contributed by atoms with van der Waals surface area (Å²) in [5, 5.41) is 8.94. The van der Waals surface area contributed by atoms with Crippen molar-refractivity contribution in [2.75, 3.05) is 0 Å². The topological polar surface area (TPSA) is 76.2 Å². The molecule has 76 valence electrons. The van der Waals surface area contributed by atoms with Gasteiger partial charge in [-0.05, 0) is 26.8 Å². The third-order valence-corrected chi connectivity index (χ3v) is 2.23. The normalized spacial score (nSPS) is 14.9. The summed E-state index contributed by atoms with van der Waals surface area (Å²) in [5.74, 6) is -1.05. The van der Waals surface area contributed by atoms with Gasteiger partial charge < -0.3 is 10.8 Å². The maximum absolute atomic E-state index is 10.9. The molecule has 0 saturated carbocycles. The molecule has 1 aromatic rings. The van der Waals surface area contributed by atoms with Crippen LogP contribution in [0.25, 0.3) is 0 Å². The number of aliphatic carboxylic acids is 1. The van der Waals surface area contributed by atoms with Crippen molar-refractivity contribution >= 4 is 5.97 Å². The van der Waals surface area contributed by atoms with Crippen LogP contribution in [-0.4, -0.2) is 16.1 Å². The van der Waals surface area contributed by atoms with E-state index >= 15 is 0 Å². The van der Waals surface area contributed by atoms with E-state index in [2.05, 4.69) is 4.98 Å². The van der Waals surface area contributed by atoms with Crippen LogP contribution in [0.4, 0.5) is 0 Å². The minimum Gasteiger partial charge on any atom is -0.480 e. The summed E-state index contributed by atoms with van der Waals surface area (Å²) in [6.07, 6.45) is 0. The van der Waals surface area contributed by atoms with Crippen molar-refractivity contribution in [3.8, 4) is 0 Å². The van der Waals surface area contributed by atoms with E-state index in [9.17, 15) is 4.79 Å². The molecule has 0 aromatic carbocycles. The quantitative estimate of drug-likeness (QED) is 0.735. The van der Waals surface area contributed by atoms with Crippen LogP contribution in [0, 0.1) is 13.8 Å². The molecule has 0 saturated heterocycles. The predicted molar refractivity (Wildman–Crippen MR) is 52.9 cm³/mol. The smallest absolute Gasteiger partial charge is 0.328 e. The van der Waals surface area contributed by atoms with Crippen molar-refractivity contribution in [2.24, 2.45) is 5.73 Å². The van der Waals surface area contributed by atoms with Gasteiger partial charge in [-0.3, -0.25) is 4.98 Å². The minimum atomic E-state index is -1.37. The van der Waals surface area contributed by atoms with Crippen LogP contribution in [0.2, 0.25) is 0 Å². The molecule has 14 heavy (non-hydrogen) atoms. The largest absolute Gasteiger partial charge is 0.480 e. The molecular formula is C10H14N2O2. The van der Waals surface area contributed by atoms with E-state index in [0.717, 1.165) is 5.69 Å². The number of nitrogens with two attached hydrogens (primary N) is 1. The number of hydrogen-bond acceptors (Lipinski definition) is 3. The van der Waals surface area contributed by atoms with E-state index in [1.54, 1.807) is 19.1 Å². The van der Waals surface area contributed by atoms with E-state index in [0.29, 0.717) is 11.3 Å². The number of pyridine rings is 1. The van der Waals surface area contributed by atoms with E-state index in [1.165, 1.54) is 6.92 Å². The van der Waals surface area contributed by atoms with Gasteiger partial charge >= 0.3 is 5.97 Å². The molecule has 0 spiro atoms. The second kappa shape index (κ2) is 3.38. The van der Waals surface area contributed by atoms with E-state index in [-0.39, 0.29) is 0 Å². The van der Waals surface area contributed by atoms with Gasteiger partial charge in [-0.1, -0.05) is 6.07 Å². The maximum Gasteiger partial charge on any atom is 0.328 e. The van der Waals surface area contributed by atoms with Crippen LogP contribution < -0.4 is 5.73 Å². The molecule has 4 heteroatoms. The van der Waals surface area contributed by atoms with Crippen molar-refractivity contribution in [3.05, 3.63) is 29.1 Å². The fourth-order valence-electron chi connectivity index (χ4n) is 1.35. The molecule has 0 bridgehead atoms. The summed E-state index contributed by atoms with van der Waals surface area (Å²) in [6.45, 7) is 5.08. The van der Waals surface area contributed by atoms with E-state index < -0.39 is 11.5 Å². The standard InChI is InChI=1S/C10H14N2O2/c1-6-4-5-8(7(2)12-6)10(3,11)9(13)14/h4-5H,11H2,1-3H3,(H,13,14). The fraction of sp³-hybridized carbons (Fsp3) is 0.400. The van der Waals surface area contributed by atoms with Crippen molar-refractivity contribution in [1.82, 2.24) is 4.98 Å². The lowest BCUT2D eigenvalue weighted by Crippen LogP contribution is -2.42. The first kappa shape index (κ1) is 10.7. The van der Waals surface area contributed by atoms with Gasteiger partial charge in [0, 0.05) is 17.0 Å². The molecule has 1 aromatic heterocycles. The molecule has 3 N–H and O–H groups in total. The van der Waals surface area contributed by atoms with Gasteiger partial charge in [0.25, 0.3) is 0 Å². The fourth-order valence-corrected chi connectivity index (χ4v) is 1.35. The Morgan fingerprint density at radius 1 is 1.50 bits per heavy atom. The molecular weight excluding hydrogens is 180 g/mol. The average Bonchev–Trinajstić information content (AvgIpc) is 2.02. The van der Waals surface area contributed by atoms with Crippen molar-refractivity contribution in [1.29, 1.82) is 0 Å². The molecule has 0 fully saturated rings. The van der Waals surface area contributed by atoms with Gasteiger partial charge in [0.2, 0.25) is 0 Å². The van der Waals surface area contributed by atoms with Gasteiger partial charge in [0.1, 0.15) is 5.54 Å². The Morgan fingerprint density at radius 2 is 2.07 bits per heavy atom. The molecule has 4 nitrogen and oxygen atoms in total. The van der Waals surface area contributed by atoms with Gasteiger partial charge in [-0.15, -0.1) is 0 Å². The van der Waals surface area contributed by atoms with Crippen molar-refractivity contribution in [3.63, 3.8) is 0 Å². The zero-order valence-electron chi connectivity index (χ0n) is 8.53. The Kier molecular flexibility index (Phi) is 2.57. The number of aryl methyl sites for hydroxylation is 2. The number of nitrogens with zero attached hydrogens (tertiary/aromatic N) is 1. The monoisotopic (exact) mass is 194 g/mol. The lowest BCUT2D eigenvalue weighted by Gasteiger charge is -2.21. The number of carboxylic acid groups (broad SMARTS) is 1. The average molecular weight is 194 g/mol. The molecule has 1 unspecified atom stereocenters. The van der Waals surface area contributed by atoms with Crippen LogP contribution in [0.1, 0.15) is 23.9 Å². The van der Waals surface area contributed by atoms with E-state index in [4.69, 9.17) is 10.8 Å². The molecule has 1 heterocycles. The van der Waals surface area contributed by atoms with Crippen molar-refractivity contribution < 1.29 is 9.90 Å². The highest BCUT2D eigenvalue weighted by Crippen LogP contribution is 2.20. The number of carboxylic acids is 1. The Balaban J connectivity index is 3.26. The molecule has 1 rings (SSSR count). The molecule has 0 radical (unpaired) electrons. The van der Waals surface area contributed by atoms with Crippen LogP contribution >= 0.6 is 0 Å². The number of rotatable bonds is 2. The number of carbonyl (C=O) groups is 1. The SMILES string of the molecule is Cc1ccc(C(C)(N)C(=O)O)c(C)n1. The lowest BCUT2D eigenvalue weighted by molar-refractivity contribution is -0.143. The zero-order chi connectivity index (χ0) is 10.9. The first-order valence-corrected chi connectivity index (χ1v) is 4.32. The lowest BCUT2D eigenvalue weighted by atomic mass is 9.92.